The van der Waals surface area contributed by atoms with Gasteiger partial charge in [0.25, 0.3) is 0 Å². The first-order chi connectivity index (χ1) is 7.04. The molecule has 82 valence electrons. The number of aliphatic hydroxyl groups excluding tert-OH is 1. The van der Waals surface area contributed by atoms with Crippen molar-refractivity contribution in [1.29, 1.82) is 0 Å². The molecule has 0 spiro atoms. The molecule has 0 heterocycles. The van der Waals surface area contributed by atoms with Crippen molar-refractivity contribution < 1.29 is 9.84 Å². The molecule has 0 aromatic heterocycles. The number of benzene rings is 1. The third-order valence-electron chi connectivity index (χ3n) is 2.33. The predicted octanol–water partition coefficient (Wildman–Crippen LogP) is 3.00. The van der Waals surface area contributed by atoms with E-state index in [1.165, 1.54) is 0 Å². The van der Waals surface area contributed by atoms with E-state index in [1.54, 1.807) is 13.0 Å². The van der Waals surface area contributed by atoms with E-state index in [4.69, 9.17) is 4.74 Å². The zero-order valence-corrected chi connectivity index (χ0v) is 9.53. The minimum atomic E-state index is -0.436. The van der Waals surface area contributed by atoms with Crippen molar-refractivity contribution in [1.82, 2.24) is 0 Å². The van der Waals surface area contributed by atoms with Crippen LogP contribution in [0.15, 0.2) is 30.9 Å². The van der Waals surface area contributed by atoms with Crippen LogP contribution >= 0.6 is 0 Å². The monoisotopic (exact) mass is 206 g/mol. The molecule has 2 atom stereocenters. The van der Waals surface area contributed by atoms with Crippen molar-refractivity contribution in [2.24, 2.45) is 0 Å². The van der Waals surface area contributed by atoms with Gasteiger partial charge < -0.3 is 9.84 Å². The van der Waals surface area contributed by atoms with Crippen LogP contribution < -0.4 is 4.74 Å². The summed E-state index contributed by atoms with van der Waals surface area (Å²) < 4.78 is 5.63. The summed E-state index contributed by atoms with van der Waals surface area (Å²) in [7, 11) is 0. The molecule has 0 radical (unpaired) electrons. The van der Waals surface area contributed by atoms with Crippen LogP contribution in [-0.2, 0) is 0 Å². The third-order valence-corrected chi connectivity index (χ3v) is 2.33. The molecule has 0 aliphatic heterocycles. The Hall–Kier alpha value is -1.28. The van der Waals surface area contributed by atoms with Gasteiger partial charge in [-0.05, 0) is 44.0 Å². The smallest absolute Gasteiger partial charge is 0.123 e. The molecule has 1 N–H and O–H groups in total. The molecule has 1 unspecified atom stereocenters. The summed E-state index contributed by atoms with van der Waals surface area (Å²) in [6.07, 6.45) is 1.32. The van der Waals surface area contributed by atoms with Crippen LogP contribution in [0.3, 0.4) is 0 Å². The molecule has 0 saturated heterocycles. The van der Waals surface area contributed by atoms with Gasteiger partial charge in [-0.3, -0.25) is 0 Å². The highest BCUT2D eigenvalue weighted by Crippen LogP contribution is 2.23. The molecule has 2 nitrogen and oxygen atoms in total. The summed E-state index contributed by atoms with van der Waals surface area (Å²) in [5.74, 6) is 0.840. The molecule has 0 fully saturated rings. The average Bonchev–Trinajstić information content (AvgIpc) is 2.20. The van der Waals surface area contributed by atoms with Crippen LogP contribution in [0.2, 0.25) is 0 Å². The van der Waals surface area contributed by atoms with Gasteiger partial charge in [-0.15, -0.1) is 0 Å². The first-order valence-corrected chi connectivity index (χ1v) is 5.12. The van der Waals surface area contributed by atoms with Crippen molar-refractivity contribution in [2.75, 3.05) is 0 Å². The van der Waals surface area contributed by atoms with Crippen LogP contribution in [0.25, 0.3) is 0 Å². The molecule has 0 bridgehead atoms. The Balaban J connectivity index is 2.88. The second kappa shape index (κ2) is 4.99. The number of hydrogen-bond donors (Lipinski definition) is 1. The quantitative estimate of drug-likeness (QED) is 0.767. The van der Waals surface area contributed by atoms with Crippen LogP contribution in [-0.4, -0.2) is 11.2 Å². The lowest BCUT2D eigenvalue weighted by Crippen LogP contribution is -2.08. The van der Waals surface area contributed by atoms with E-state index >= 15 is 0 Å². The molecule has 0 saturated carbocycles. The zero-order chi connectivity index (χ0) is 11.4. The Kier molecular flexibility index (Phi) is 3.92. The standard InChI is InChI=1S/C13H18O2/c1-5-10(3)15-13-7-6-12(11(4)14)8-9(13)2/h5-8,10-11,14H,1H2,2-4H3/t10?,11-/m1/s1. The van der Waals surface area contributed by atoms with E-state index in [1.807, 2.05) is 32.0 Å². The molecule has 1 aromatic rings. The van der Waals surface area contributed by atoms with Gasteiger partial charge in [-0.25, -0.2) is 0 Å². The van der Waals surface area contributed by atoms with E-state index in [2.05, 4.69) is 6.58 Å². The summed E-state index contributed by atoms with van der Waals surface area (Å²) >= 11 is 0. The van der Waals surface area contributed by atoms with Gasteiger partial charge in [0, 0.05) is 0 Å². The van der Waals surface area contributed by atoms with Gasteiger partial charge in [-0.2, -0.15) is 0 Å². The van der Waals surface area contributed by atoms with Gasteiger partial charge in [0.1, 0.15) is 11.9 Å². The fraction of sp³-hybridized carbons (Fsp3) is 0.385. The highest BCUT2D eigenvalue weighted by atomic mass is 16.5. The van der Waals surface area contributed by atoms with E-state index in [9.17, 15) is 5.11 Å². The lowest BCUT2D eigenvalue weighted by Gasteiger charge is -2.14. The van der Waals surface area contributed by atoms with Gasteiger partial charge in [0.15, 0.2) is 0 Å². The molecule has 15 heavy (non-hydrogen) atoms. The first kappa shape index (κ1) is 11.8. The summed E-state index contributed by atoms with van der Waals surface area (Å²) in [6, 6.07) is 5.70. The highest BCUT2D eigenvalue weighted by molar-refractivity contribution is 5.37. The Labute approximate surface area is 91.2 Å². The molecule has 1 rings (SSSR count). The van der Waals surface area contributed by atoms with E-state index in [0.29, 0.717) is 0 Å². The number of ether oxygens (including phenoxy) is 1. The predicted molar refractivity (Wildman–Crippen MR) is 62.1 cm³/mol. The van der Waals surface area contributed by atoms with Crippen LogP contribution in [0.1, 0.15) is 31.1 Å². The summed E-state index contributed by atoms with van der Waals surface area (Å²) in [5.41, 5.74) is 1.94. The maximum Gasteiger partial charge on any atom is 0.123 e. The topological polar surface area (TPSA) is 29.5 Å². The van der Waals surface area contributed by atoms with Crippen LogP contribution in [0.5, 0.6) is 5.75 Å². The van der Waals surface area contributed by atoms with Gasteiger partial charge in [0.05, 0.1) is 6.10 Å². The van der Waals surface area contributed by atoms with Crippen LogP contribution in [0, 0.1) is 6.92 Å². The van der Waals surface area contributed by atoms with Gasteiger partial charge >= 0.3 is 0 Å². The van der Waals surface area contributed by atoms with Crippen molar-refractivity contribution in [3.8, 4) is 5.75 Å². The van der Waals surface area contributed by atoms with E-state index in [0.717, 1.165) is 16.9 Å². The molecule has 0 amide bonds. The van der Waals surface area contributed by atoms with Crippen molar-refractivity contribution in [2.45, 2.75) is 33.0 Å². The SMILES string of the molecule is C=CC(C)Oc1ccc([C@@H](C)O)cc1C. The molecule has 1 aromatic carbocycles. The minimum absolute atomic E-state index is 0.00102. The van der Waals surface area contributed by atoms with Crippen molar-refractivity contribution in [3.05, 3.63) is 42.0 Å². The summed E-state index contributed by atoms with van der Waals surface area (Å²) in [5, 5.41) is 9.41. The highest BCUT2D eigenvalue weighted by Gasteiger charge is 2.06. The van der Waals surface area contributed by atoms with Crippen molar-refractivity contribution in [3.63, 3.8) is 0 Å². The van der Waals surface area contributed by atoms with Gasteiger partial charge in [-0.1, -0.05) is 18.7 Å². The van der Waals surface area contributed by atoms with Crippen LogP contribution in [0.4, 0.5) is 0 Å². The second-order valence-corrected chi connectivity index (χ2v) is 3.76. The first-order valence-electron chi connectivity index (χ1n) is 5.12. The molecular weight excluding hydrogens is 188 g/mol. The summed E-state index contributed by atoms with van der Waals surface area (Å²) in [6.45, 7) is 9.33. The fourth-order valence-electron chi connectivity index (χ4n) is 1.31. The lowest BCUT2D eigenvalue weighted by atomic mass is 10.1. The minimum Gasteiger partial charge on any atom is -0.486 e. The Bertz CT molecular complexity index is 342. The largest absolute Gasteiger partial charge is 0.486 e. The number of rotatable bonds is 4. The fourth-order valence-corrected chi connectivity index (χ4v) is 1.31. The average molecular weight is 206 g/mol. The van der Waals surface area contributed by atoms with Crippen molar-refractivity contribution >= 4 is 0 Å². The normalized spacial score (nSPS) is 14.4. The van der Waals surface area contributed by atoms with E-state index < -0.39 is 6.10 Å². The Morgan fingerprint density at radius 1 is 1.40 bits per heavy atom. The number of aliphatic hydroxyl groups is 1. The molecule has 2 heteroatoms. The number of hydrogen-bond acceptors (Lipinski definition) is 2. The maximum atomic E-state index is 9.41. The second-order valence-electron chi connectivity index (χ2n) is 3.76. The molecular formula is C13H18O2. The maximum absolute atomic E-state index is 9.41. The Morgan fingerprint density at radius 3 is 2.53 bits per heavy atom. The lowest BCUT2D eigenvalue weighted by molar-refractivity contribution is 0.199. The van der Waals surface area contributed by atoms with Gasteiger partial charge in [0.2, 0.25) is 0 Å². The third kappa shape index (κ3) is 3.10. The molecule has 0 aliphatic rings. The summed E-state index contributed by atoms with van der Waals surface area (Å²) in [4.78, 5) is 0. The zero-order valence-electron chi connectivity index (χ0n) is 9.53. The van der Waals surface area contributed by atoms with E-state index in [-0.39, 0.29) is 6.10 Å². The number of aryl methyl sites for hydroxylation is 1. The Morgan fingerprint density at radius 2 is 2.07 bits per heavy atom. The molecule has 0 aliphatic carbocycles.